The minimum Gasteiger partial charge on any atom is -0.304 e. The van der Waals surface area contributed by atoms with Crippen molar-refractivity contribution in [2.75, 3.05) is 0 Å². The number of hydrogen-bond donors (Lipinski definition) is 1. The maximum absolute atomic E-state index is 12.3. The molecule has 0 radical (unpaired) electrons. The van der Waals surface area contributed by atoms with Crippen LogP contribution in [0.3, 0.4) is 0 Å². The van der Waals surface area contributed by atoms with Gasteiger partial charge in [0.1, 0.15) is 5.82 Å². The Hall–Kier alpha value is -1.95. The summed E-state index contributed by atoms with van der Waals surface area (Å²) < 4.78 is 24.6. The Kier molecular flexibility index (Phi) is 4.25. The van der Waals surface area contributed by atoms with E-state index in [-0.39, 0.29) is 5.56 Å². The monoisotopic (exact) mass is 250 g/mol. The van der Waals surface area contributed by atoms with E-state index in [0.717, 1.165) is 0 Å². The number of alkyl halides is 2. The van der Waals surface area contributed by atoms with Crippen molar-refractivity contribution in [2.45, 2.75) is 19.5 Å². The van der Waals surface area contributed by atoms with Crippen LogP contribution in [0.4, 0.5) is 8.78 Å². The second-order valence-corrected chi connectivity index (χ2v) is 3.65. The Morgan fingerprint density at radius 1 is 1.06 bits per heavy atom. The zero-order chi connectivity index (χ0) is 12.8. The summed E-state index contributed by atoms with van der Waals surface area (Å²) in [6.45, 7) is 1.00. The molecule has 0 aliphatic rings. The summed E-state index contributed by atoms with van der Waals surface area (Å²) in [6, 6.07) is 4.71. The maximum atomic E-state index is 12.3. The van der Waals surface area contributed by atoms with Crippen molar-refractivity contribution in [3.8, 4) is 0 Å². The van der Waals surface area contributed by atoms with E-state index in [1.807, 2.05) is 0 Å². The third-order valence-electron chi connectivity index (χ3n) is 2.31. The molecule has 0 saturated carbocycles. The van der Waals surface area contributed by atoms with Crippen molar-refractivity contribution in [1.29, 1.82) is 0 Å². The van der Waals surface area contributed by atoms with E-state index in [1.165, 1.54) is 12.3 Å². The smallest absolute Gasteiger partial charge is 0.265 e. The highest BCUT2D eigenvalue weighted by atomic mass is 19.3. The lowest BCUT2D eigenvalue weighted by Gasteiger charge is -2.04. The van der Waals surface area contributed by atoms with Crippen molar-refractivity contribution in [3.05, 3.63) is 53.9 Å². The van der Waals surface area contributed by atoms with Crippen molar-refractivity contribution in [2.24, 2.45) is 0 Å². The first-order valence-corrected chi connectivity index (χ1v) is 5.45. The Morgan fingerprint density at radius 2 is 1.83 bits per heavy atom. The molecule has 0 aromatic carbocycles. The van der Waals surface area contributed by atoms with Gasteiger partial charge in [-0.05, 0) is 18.2 Å². The molecule has 2 aromatic heterocycles. The third kappa shape index (κ3) is 3.53. The Morgan fingerprint density at radius 3 is 2.44 bits per heavy atom. The first kappa shape index (κ1) is 12.5. The van der Waals surface area contributed by atoms with E-state index in [0.29, 0.717) is 24.6 Å². The zero-order valence-corrected chi connectivity index (χ0v) is 9.55. The molecule has 0 atom stereocenters. The van der Waals surface area contributed by atoms with Crippen LogP contribution in [0, 0.1) is 0 Å². The highest BCUT2D eigenvalue weighted by molar-refractivity contribution is 5.14. The molecule has 4 nitrogen and oxygen atoms in total. The number of nitrogens with zero attached hydrogens (tertiary/aromatic N) is 3. The van der Waals surface area contributed by atoms with Gasteiger partial charge in [-0.15, -0.1) is 0 Å². The summed E-state index contributed by atoms with van der Waals surface area (Å²) in [4.78, 5) is 12.1. The van der Waals surface area contributed by atoms with Gasteiger partial charge in [0.2, 0.25) is 0 Å². The number of aromatic nitrogens is 3. The van der Waals surface area contributed by atoms with Crippen LogP contribution in [0.15, 0.2) is 36.8 Å². The molecule has 18 heavy (non-hydrogen) atoms. The molecule has 1 N–H and O–H groups in total. The highest BCUT2D eigenvalue weighted by Gasteiger charge is 2.06. The van der Waals surface area contributed by atoms with Crippen LogP contribution < -0.4 is 5.32 Å². The fourth-order valence-electron chi connectivity index (χ4n) is 1.39. The van der Waals surface area contributed by atoms with Gasteiger partial charge in [0.25, 0.3) is 6.43 Å². The van der Waals surface area contributed by atoms with Crippen LogP contribution in [-0.2, 0) is 13.1 Å². The molecule has 0 amide bonds. The van der Waals surface area contributed by atoms with Crippen LogP contribution >= 0.6 is 0 Å². The quantitative estimate of drug-likeness (QED) is 0.882. The number of hydrogen-bond acceptors (Lipinski definition) is 4. The van der Waals surface area contributed by atoms with Gasteiger partial charge in [-0.2, -0.15) is 0 Å². The molecule has 6 heteroatoms. The van der Waals surface area contributed by atoms with E-state index in [2.05, 4.69) is 20.3 Å². The summed E-state index contributed by atoms with van der Waals surface area (Å²) in [6.07, 6.45) is 2.05. The second-order valence-electron chi connectivity index (χ2n) is 3.65. The first-order valence-electron chi connectivity index (χ1n) is 5.45. The Balaban J connectivity index is 1.83. The largest absolute Gasteiger partial charge is 0.304 e. The summed E-state index contributed by atoms with van der Waals surface area (Å²) in [5.41, 5.74) is 0.639. The van der Waals surface area contributed by atoms with Gasteiger partial charge in [0.15, 0.2) is 0 Å². The predicted octanol–water partition coefficient (Wildman–Crippen LogP) is 2.10. The molecule has 0 saturated heterocycles. The fraction of sp³-hybridized carbons (Fsp3) is 0.250. The SMILES string of the molecule is FC(F)c1ccc(CNCc2ncccn2)nc1. The molecular weight excluding hydrogens is 238 g/mol. The van der Waals surface area contributed by atoms with Crippen molar-refractivity contribution < 1.29 is 8.78 Å². The van der Waals surface area contributed by atoms with Crippen LogP contribution in [-0.4, -0.2) is 15.0 Å². The third-order valence-corrected chi connectivity index (χ3v) is 2.31. The van der Waals surface area contributed by atoms with Gasteiger partial charge in [0, 0.05) is 30.7 Å². The summed E-state index contributed by atoms with van der Waals surface area (Å²) in [5.74, 6) is 0.682. The van der Waals surface area contributed by atoms with E-state index in [9.17, 15) is 8.78 Å². The predicted molar refractivity (Wildman–Crippen MR) is 61.8 cm³/mol. The Labute approximate surface area is 103 Å². The first-order chi connectivity index (χ1) is 8.75. The minimum absolute atomic E-state index is 0.0647. The van der Waals surface area contributed by atoms with Gasteiger partial charge in [-0.25, -0.2) is 18.7 Å². The molecule has 0 unspecified atom stereocenters. The molecule has 2 heterocycles. The van der Waals surface area contributed by atoms with Gasteiger partial charge >= 0.3 is 0 Å². The molecule has 94 valence electrons. The standard InChI is InChI=1S/C12H12F2N4/c13-12(14)9-2-3-10(18-6-9)7-15-8-11-16-4-1-5-17-11/h1-6,12,15H,7-8H2. The average molecular weight is 250 g/mol. The number of nitrogens with one attached hydrogen (secondary N) is 1. The minimum atomic E-state index is -2.47. The summed E-state index contributed by atoms with van der Waals surface area (Å²) >= 11 is 0. The molecule has 2 aromatic rings. The van der Waals surface area contributed by atoms with Gasteiger partial charge < -0.3 is 5.32 Å². The van der Waals surface area contributed by atoms with Crippen molar-refractivity contribution in [1.82, 2.24) is 20.3 Å². The van der Waals surface area contributed by atoms with Crippen LogP contribution in [0.25, 0.3) is 0 Å². The lowest BCUT2D eigenvalue weighted by molar-refractivity contribution is 0.151. The normalized spacial score (nSPS) is 10.8. The molecule has 0 aliphatic heterocycles. The molecule has 0 aliphatic carbocycles. The van der Waals surface area contributed by atoms with Gasteiger partial charge in [-0.1, -0.05) is 0 Å². The fourth-order valence-corrected chi connectivity index (χ4v) is 1.39. The van der Waals surface area contributed by atoms with Gasteiger partial charge in [0.05, 0.1) is 12.2 Å². The van der Waals surface area contributed by atoms with Crippen molar-refractivity contribution >= 4 is 0 Å². The van der Waals surface area contributed by atoms with E-state index in [1.54, 1.807) is 24.5 Å². The molecule has 0 bridgehead atoms. The maximum Gasteiger partial charge on any atom is 0.265 e. The molecule has 2 rings (SSSR count). The molecular formula is C12H12F2N4. The lowest BCUT2D eigenvalue weighted by Crippen LogP contribution is -2.15. The van der Waals surface area contributed by atoms with Crippen molar-refractivity contribution in [3.63, 3.8) is 0 Å². The zero-order valence-electron chi connectivity index (χ0n) is 9.55. The lowest BCUT2D eigenvalue weighted by atomic mass is 10.2. The topological polar surface area (TPSA) is 50.7 Å². The second kappa shape index (κ2) is 6.11. The Bertz CT molecular complexity index is 473. The highest BCUT2D eigenvalue weighted by Crippen LogP contribution is 2.16. The number of halogens is 2. The van der Waals surface area contributed by atoms with Crippen LogP contribution in [0.1, 0.15) is 23.5 Å². The molecule has 0 fully saturated rings. The van der Waals surface area contributed by atoms with E-state index >= 15 is 0 Å². The molecule has 0 spiro atoms. The van der Waals surface area contributed by atoms with E-state index < -0.39 is 6.43 Å². The van der Waals surface area contributed by atoms with Crippen LogP contribution in [0.2, 0.25) is 0 Å². The number of rotatable bonds is 5. The average Bonchev–Trinajstić information content (AvgIpc) is 2.40. The summed E-state index contributed by atoms with van der Waals surface area (Å²) in [5, 5.41) is 3.09. The number of pyridine rings is 1. The van der Waals surface area contributed by atoms with E-state index in [4.69, 9.17) is 0 Å². The van der Waals surface area contributed by atoms with Gasteiger partial charge in [-0.3, -0.25) is 4.98 Å². The van der Waals surface area contributed by atoms with Crippen LogP contribution in [0.5, 0.6) is 0 Å². The summed E-state index contributed by atoms with van der Waals surface area (Å²) in [7, 11) is 0.